The molecule has 3 aromatic rings. The van der Waals surface area contributed by atoms with Crippen LogP contribution in [-0.4, -0.2) is 75.9 Å². The van der Waals surface area contributed by atoms with Gasteiger partial charge >= 0.3 is 12.1 Å². The van der Waals surface area contributed by atoms with Crippen LogP contribution in [0.4, 0.5) is 23.5 Å². The first kappa shape index (κ1) is 27.1. The summed E-state index contributed by atoms with van der Waals surface area (Å²) in [6, 6.07) is 1.50. The summed E-state index contributed by atoms with van der Waals surface area (Å²) in [5.41, 5.74) is -1.79. The summed E-state index contributed by atoms with van der Waals surface area (Å²) >= 11 is 0. The Hall–Kier alpha value is -3.95. The van der Waals surface area contributed by atoms with E-state index in [1.165, 1.54) is 7.05 Å². The number of aryl methyl sites for hydroxylation is 1. The van der Waals surface area contributed by atoms with Gasteiger partial charge in [0.05, 0.1) is 24.8 Å². The number of nitrogens with one attached hydrogen (secondary N) is 2. The van der Waals surface area contributed by atoms with Crippen LogP contribution in [0, 0.1) is 0 Å². The number of phenolic OH excluding ortho intramolecular Hbond substituents is 1. The van der Waals surface area contributed by atoms with E-state index in [1.807, 2.05) is 13.8 Å². The van der Waals surface area contributed by atoms with Crippen molar-refractivity contribution in [1.82, 2.24) is 40.7 Å². The van der Waals surface area contributed by atoms with E-state index in [4.69, 9.17) is 0 Å². The van der Waals surface area contributed by atoms with Crippen molar-refractivity contribution < 1.29 is 32.2 Å². The number of aromatic hydroxyl groups is 1. The zero-order chi connectivity index (χ0) is 28.0. The van der Waals surface area contributed by atoms with Crippen LogP contribution in [0.1, 0.15) is 34.1 Å². The van der Waals surface area contributed by atoms with Crippen LogP contribution in [0.3, 0.4) is 0 Å². The Bertz CT molecular complexity index is 1340. The molecule has 2 atom stereocenters. The maximum Gasteiger partial charge on any atom is 0.491 e. The molecule has 0 unspecified atom stereocenters. The fourth-order valence-electron chi connectivity index (χ4n) is 4.52. The van der Waals surface area contributed by atoms with Crippen LogP contribution >= 0.6 is 0 Å². The normalized spacial score (nSPS) is 20.7. The Morgan fingerprint density at radius 2 is 1.92 bits per heavy atom. The van der Waals surface area contributed by atoms with Crippen molar-refractivity contribution in [3.8, 4) is 34.1 Å². The highest BCUT2D eigenvalue weighted by atomic mass is 19.4. The molecule has 3 heterocycles. The van der Waals surface area contributed by atoms with E-state index >= 15 is 4.39 Å². The number of alkyl halides is 4. The third-order valence-electron chi connectivity index (χ3n) is 5.85. The fraction of sp³-hybridized carbons (Fsp3) is 0.500. The molecule has 12 nitrogen and oxygen atoms in total. The van der Waals surface area contributed by atoms with Crippen molar-refractivity contribution in [3.63, 3.8) is 0 Å². The maximum atomic E-state index is 15.1. The molecule has 1 saturated heterocycles. The summed E-state index contributed by atoms with van der Waals surface area (Å²) in [5.74, 6) is -3.90. The largest absolute Gasteiger partial charge is 0.507 e. The van der Waals surface area contributed by atoms with Gasteiger partial charge in [0, 0.05) is 16.6 Å². The number of anilines is 1. The minimum absolute atomic E-state index is 0.0219. The first-order valence-electron chi connectivity index (χ1n) is 11.4. The monoisotopic (exact) mass is 539 g/mol. The SMILES string of the molecule is Cn1nnc(-c2cc(O)c(-c3cnc(N[C@H]4CC(C)(C)NC(C)(C)[C@H]4F)nn3)c(OC(=O)C(F)(F)F)c2)n1. The lowest BCUT2D eigenvalue weighted by Crippen LogP contribution is -2.67. The molecule has 0 amide bonds. The predicted molar refractivity (Wildman–Crippen MR) is 125 cm³/mol. The van der Waals surface area contributed by atoms with Crippen molar-refractivity contribution in [2.45, 2.75) is 63.6 Å². The van der Waals surface area contributed by atoms with Gasteiger partial charge in [0.1, 0.15) is 23.4 Å². The highest BCUT2D eigenvalue weighted by Gasteiger charge is 2.46. The summed E-state index contributed by atoms with van der Waals surface area (Å²) < 4.78 is 58.5. The van der Waals surface area contributed by atoms with E-state index in [-0.39, 0.29) is 34.1 Å². The first-order chi connectivity index (χ1) is 17.6. The lowest BCUT2D eigenvalue weighted by molar-refractivity contribution is -0.189. The molecular formula is C22H25F4N9O3. The second kappa shape index (κ2) is 9.41. The molecule has 204 valence electrons. The third kappa shape index (κ3) is 5.64. The van der Waals surface area contributed by atoms with E-state index in [0.717, 1.165) is 23.1 Å². The molecule has 2 aromatic heterocycles. The van der Waals surface area contributed by atoms with Crippen LogP contribution < -0.4 is 15.4 Å². The molecule has 0 bridgehead atoms. The Kier molecular flexibility index (Phi) is 6.71. The van der Waals surface area contributed by atoms with Crippen molar-refractivity contribution in [2.75, 3.05) is 5.32 Å². The zero-order valence-corrected chi connectivity index (χ0v) is 21.0. The number of nitrogens with zero attached hydrogens (tertiary/aromatic N) is 7. The Labute approximate surface area is 213 Å². The van der Waals surface area contributed by atoms with Gasteiger partial charge in [-0.3, -0.25) is 0 Å². The summed E-state index contributed by atoms with van der Waals surface area (Å²) in [4.78, 5) is 16.8. The number of aromatic nitrogens is 7. The van der Waals surface area contributed by atoms with E-state index in [9.17, 15) is 23.1 Å². The number of phenols is 1. The first-order valence-corrected chi connectivity index (χ1v) is 11.4. The number of carbonyl (C=O) groups is 1. The number of piperidine rings is 1. The minimum Gasteiger partial charge on any atom is -0.507 e. The van der Waals surface area contributed by atoms with Crippen molar-refractivity contribution in [3.05, 3.63) is 18.3 Å². The Balaban J connectivity index is 1.67. The van der Waals surface area contributed by atoms with Crippen LogP contribution in [-0.2, 0) is 11.8 Å². The molecule has 3 N–H and O–H groups in total. The van der Waals surface area contributed by atoms with Crippen LogP contribution in [0.5, 0.6) is 11.5 Å². The lowest BCUT2D eigenvalue weighted by atomic mass is 9.78. The molecule has 1 aliphatic rings. The number of hydrogen-bond acceptors (Lipinski definition) is 11. The van der Waals surface area contributed by atoms with Gasteiger partial charge in [0.2, 0.25) is 11.8 Å². The number of ether oxygens (including phenoxy) is 1. The summed E-state index contributed by atoms with van der Waals surface area (Å²) in [5, 5.41) is 35.9. The highest BCUT2D eigenvalue weighted by molar-refractivity contribution is 5.84. The molecular weight excluding hydrogens is 514 g/mol. The fourth-order valence-corrected chi connectivity index (χ4v) is 4.52. The van der Waals surface area contributed by atoms with Crippen molar-refractivity contribution in [1.29, 1.82) is 0 Å². The number of rotatable bonds is 5. The summed E-state index contributed by atoms with van der Waals surface area (Å²) in [6.07, 6.45) is -5.12. The minimum atomic E-state index is -5.31. The van der Waals surface area contributed by atoms with Gasteiger partial charge in [-0.1, -0.05) is 0 Å². The second-order valence-electron chi connectivity index (χ2n) is 10.1. The van der Waals surface area contributed by atoms with E-state index in [1.54, 1.807) is 13.8 Å². The zero-order valence-electron chi connectivity index (χ0n) is 21.0. The molecule has 16 heteroatoms. The average molecular weight is 539 g/mol. The molecule has 38 heavy (non-hydrogen) atoms. The maximum absolute atomic E-state index is 15.1. The van der Waals surface area contributed by atoms with Crippen molar-refractivity contribution in [2.24, 2.45) is 7.05 Å². The van der Waals surface area contributed by atoms with Gasteiger partial charge in [-0.15, -0.1) is 20.4 Å². The Morgan fingerprint density at radius 1 is 1.21 bits per heavy atom. The van der Waals surface area contributed by atoms with Crippen LogP contribution in [0.25, 0.3) is 22.6 Å². The highest BCUT2D eigenvalue weighted by Crippen LogP contribution is 2.41. The van der Waals surface area contributed by atoms with E-state index < -0.39 is 41.4 Å². The summed E-state index contributed by atoms with van der Waals surface area (Å²) in [7, 11) is 1.46. The van der Waals surface area contributed by atoms with Gasteiger partial charge in [0.25, 0.3) is 0 Å². The van der Waals surface area contributed by atoms with Gasteiger partial charge in [-0.2, -0.15) is 18.0 Å². The smallest absolute Gasteiger partial charge is 0.491 e. The topological polar surface area (TPSA) is 153 Å². The van der Waals surface area contributed by atoms with Crippen molar-refractivity contribution >= 4 is 11.9 Å². The standard InChI is InChI=1S/C22H25F4N9O3/c1-20(2)8-11(16(23)21(3,4)33-20)28-19-27-9-12(29-31-19)15-13(36)6-10(17-30-34-35(5)32-17)7-14(15)38-18(37)22(24,25)26/h6-7,9,11,16,33,36H,8H2,1-5H3,(H,27,28,31)/t11-,16-/m0/s1. The molecule has 1 aliphatic heterocycles. The van der Waals surface area contributed by atoms with E-state index in [0.29, 0.717) is 6.42 Å². The molecule has 0 aliphatic carbocycles. The van der Waals surface area contributed by atoms with Crippen LogP contribution in [0.2, 0.25) is 0 Å². The van der Waals surface area contributed by atoms with Gasteiger partial charge in [0.15, 0.2) is 0 Å². The predicted octanol–water partition coefficient (Wildman–Crippen LogP) is 2.57. The number of benzene rings is 1. The van der Waals surface area contributed by atoms with Gasteiger partial charge < -0.3 is 20.5 Å². The number of carbonyl (C=O) groups excluding carboxylic acids is 1. The molecule has 1 aromatic carbocycles. The Morgan fingerprint density at radius 3 is 2.50 bits per heavy atom. The lowest BCUT2D eigenvalue weighted by Gasteiger charge is -2.48. The molecule has 0 radical (unpaired) electrons. The number of esters is 1. The summed E-state index contributed by atoms with van der Waals surface area (Å²) in [6.45, 7) is 7.35. The van der Waals surface area contributed by atoms with Crippen LogP contribution in [0.15, 0.2) is 18.3 Å². The van der Waals surface area contributed by atoms with E-state index in [2.05, 4.69) is 46.0 Å². The van der Waals surface area contributed by atoms with Gasteiger partial charge in [-0.25, -0.2) is 14.2 Å². The second-order valence-corrected chi connectivity index (χ2v) is 10.1. The number of hydrogen-bond donors (Lipinski definition) is 3. The molecule has 4 rings (SSSR count). The molecule has 0 spiro atoms. The number of halogens is 4. The molecule has 0 saturated carbocycles. The third-order valence-corrected chi connectivity index (χ3v) is 5.85. The quantitative estimate of drug-likeness (QED) is 0.249. The molecule has 1 fully saturated rings. The number of tetrazole rings is 1. The average Bonchev–Trinajstić information content (AvgIpc) is 3.22. The van der Waals surface area contributed by atoms with Gasteiger partial charge in [-0.05, 0) is 51.5 Å².